The third kappa shape index (κ3) is 2.42. The molecule has 1 aromatic carbocycles. The fourth-order valence-electron chi connectivity index (χ4n) is 2.63. The number of nitrogens with one attached hydrogen (secondary N) is 1. The molecule has 23 heavy (non-hydrogen) atoms. The van der Waals surface area contributed by atoms with Crippen molar-refractivity contribution < 1.29 is 24.2 Å². The summed E-state index contributed by atoms with van der Waals surface area (Å²) in [6.45, 7) is 6.02. The van der Waals surface area contributed by atoms with Gasteiger partial charge in [-0.25, -0.2) is 14.5 Å². The Balaban J connectivity index is 2.48. The highest BCUT2D eigenvalue weighted by atomic mass is 16.5. The number of ether oxygens (including phenoxy) is 1. The Morgan fingerprint density at radius 1 is 1.35 bits per heavy atom. The van der Waals surface area contributed by atoms with Gasteiger partial charge in [-0.2, -0.15) is 0 Å². The monoisotopic (exact) mass is 320 g/mol. The average Bonchev–Trinajstić information content (AvgIpc) is 2.69. The Hall–Kier alpha value is -2.57. The fraction of sp³-hybridized carbons (Fsp3) is 0.438. The molecule has 1 atom stereocenters. The van der Waals surface area contributed by atoms with Crippen molar-refractivity contribution in [3.63, 3.8) is 0 Å². The van der Waals surface area contributed by atoms with E-state index in [1.165, 1.54) is 13.8 Å². The number of hydrogen-bond donors (Lipinski definition) is 2. The van der Waals surface area contributed by atoms with E-state index in [1.807, 2.05) is 6.92 Å². The zero-order chi connectivity index (χ0) is 17.6. The van der Waals surface area contributed by atoms with Gasteiger partial charge in [-0.3, -0.25) is 4.79 Å². The van der Waals surface area contributed by atoms with E-state index in [1.54, 1.807) is 32.2 Å². The van der Waals surface area contributed by atoms with Crippen LogP contribution in [0.2, 0.25) is 0 Å². The summed E-state index contributed by atoms with van der Waals surface area (Å²) in [5.74, 6) is -1.19. The Kier molecular flexibility index (Phi) is 3.84. The minimum atomic E-state index is -1.64. The molecule has 2 rings (SSSR count). The van der Waals surface area contributed by atoms with Gasteiger partial charge in [0.1, 0.15) is 16.8 Å². The number of benzene rings is 1. The summed E-state index contributed by atoms with van der Waals surface area (Å²) in [6.07, 6.45) is 0. The van der Waals surface area contributed by atoms with Crippen molar-refractivity contribution >= 4 is 17.9 Å². The number of aliphatic carboxylic acids is 1. The third-order valence-electron chi connectivity index (χ3n) is 4.25. The number of carboxylic acid groups (broad SMARTS) is 1. The molecule has 0 saturated carbocycles. The number of urea groups is 1. The molecule has 1 aliphatic heterocycles. The van der Waals surface area contributed by atoms with Gasteiger partial charge in [0.2, 0.25) is 0 Å². The standard InChI is InChI=1S/C16H20N2O5/c1-9-8-10(6-7-11(9)23-5)16(4)12(19)18(14(22)17-16)15(2,3)13(20)21/h6-8H,1-5H3,(H,17,22)(H,20,21). The molecule has 0 aliphatic carbocycles. The van der Waals surface area contributed by atoms with E-state index in [0.29, 0.717) is 11.3 Å². The quantitative estimate of drug-likeness (QED) is 0.822. The Morgan fingerprint density at radius 2 is 1.96 bits per heavy atom. The van der Waals surface area contributed by atoms with Crippen molar-refractivity contribution in [1.29, 1.82) is 0 Å². The zero-order valence-electron chi connectivity index (χ0n) is 13.8. The summed E-state index contributed by atoms with van der Waals surface area (Å²) in [5, 5.41) is 11.9. The highest BCUT2D eigenvalue weighted by Crippen LogP contribution is 2.34. The third-order valence-corrected chi connectivity index (χ3v) is 4.25. The van der Waals surface area contributed by atoms with E-state index in [2.05, 4.69) is 5.32 Å². The van der Waals surface area contributed by atoms with Crippen molar-refractivity contribution in [2.45, 2.75) is 38.8 Å². The maximum atomic E-state index is 12.8. The van der Waals surface area contributed by atoms with Crippen molar-refractivity contribution in [2.24, 2.45) is 0 Å². The number of nitrogens with zero attached hydrogens (tertiary/aromatic N) is 1. The molecule has 1 aromatic rings. The molecule has 1 fully saturated rings. The largest absolute Gasteiger partial charge is 0.496 e. The molecule has 0 bridgehead atoms. The summed E-state index contributed by atoms with van der Waals surface area (Å²) in [5.41, 5.74) is -1.58. The molecule has 1 heterocycles. The topological polar surface area (TPSA) is 95.9 Å². The Labute approximate surface area is 134 Å². The lowest BCUT2D eigenvalue weighted by Crippen LogP contribution is -2.54. The summed E-state index contributed by atoms with van der Waals surface area (Å²) in [4.78, 5) is 37.2. The van der Waals surface area contributed by atoms with Crippen LogP contribution in [0.15, 0.2) is 18.2 Å². The number of aryl methyl sites for hydroxylation is 1. The van der Waals surface area contributed by atoms with Gasteiger partial charge in [0, 0.05) is 0 Å². The number of carbonyl (C=O) groups is 3. The van der Waals surface area contributed by atoms with Crippen molar-refractivity contribution in [2.75, 3.05) is 7.11 Å². The van der Waals surface area contributed by atoms with E-state index in [0.717, 1.165) is 10.5 Å². The van der Waals surface area contributed by atoms with Crippen LogP contribution in [-0.2, 0) is 15.1 Å². The maximum absolute atomic E-state index is 12.8. The highest BCUT2D eigenvalue weighted by Gasteiger charge is 2.56. The first kappa shape index (κ1) is 16.8. The second-order valence-electron chi connectivity index (χ2n) is 6.24. The molecular formula is C16H20N2O5. The van der Waals surface area contributed by atoms with Gasteiger partial charge < -0.3 is 15.2 Å². The first-order valence-corrected chi connectivity index (χ1v) is 7.11. The zero-order valence-corrected chi connectivity index (χ0v) is 13.8. The number of methoxy groups -OCH3 is 1. The van der Waals surface area contributed by atoms with E-state index >= 15 is 0 Å². The van der Waals surface area contributed by atoms with Crippen LogP contribution in [0.4, 0.5) is 4.79 Å². The van der Waals surface area contributed by atoms with Crippen molar-refractivity contribution in [1.82, 2.24) is 10.2 Å². The molecule has 1 aliphatic rings. The van der Waals surface area contributed by atoms with E-state index in [4.69, 9.17) is 4.74 Å². The van der Waals surface area contributed by atoms with Crippen molar-refractivity contribution in [3.05, 3.63) is 29.3 Å². The Bertz CT molecular complexity index is 698. The van der Waals surface area contributed by atoms with Crippen LogP contribution in [0.1, 0.15) is 31.9 Å². The van der Waals surface area contributed by atoms with Crippen LogP contribution < -0.4 is 10.1 Å². The molecule has 3 amide bonds. The number of imide groups is 1. The van der Waals surface area contributed by atoms with E-state index in [9.17, 15) is 19.5 Å². The predicted octanol–water partition coefficient (Wildman–Crippen LogP) is 1.63. The van der Waals surface area contributed by atoms with Crippen LogP contribution in [0.5, 0.6) is 5.75 Å². The maximum Gasteiger partial charge on any atom is 0.329 e. The molecule has 1 unspecified atom stereocenters. The van der Waals surface area contributed by atoms with Gasteiger partial charge >= 0.3 is 12.0 Å². The van der Waals surface area contributed by atoms with Gasteiger partial charge in [0.15, 0.2) is 0 Å². The second kappa shape index (κ2) is 5.26. The molecule has 7 nitrogen and oxygen atoms in total. The summed E-state index contributed by atoms with van der Waals surface area (Å²) >= 11 is 0. The number of amides is 3. The Morgan fingerprint density at radius 3 is 2.43 bits per heavy atom. The normalized spacial score (nSPS) is 21.3. The minimum absolute atomic E-state index is 0.567. The molecule has 7 heteroatoms. The van der Waals surface area contributed by atoms with Crippen LogP contribution >= 0.6 is 0 Å². The molecule has 124 valence electrons. The molecular weight excluding hydrogens is 300 g/mol. The van der Waals surface area contributed by atoms with Crippen LogP contribution in [0.3, 0.4) is 0 Å². The average molecular weight is 320 g/mol. The number of rotatable bonds is 4. The van der Waals surface area contributed by atoms with Gasteiger partial charge in [-0.15, -0.1) is 0 Å². The van der Waals surface area contributed by atoms with E-state index < -0.39 is 29.0 Å². The van der Waals surface area contributed by atoms with Crippen molar-refractivity contribution in [3.8, 4) is 5.75 Å². The smallest absolute Gasteiger partial charge is 0.329 e. The predicted molar refractivity (Wildman–Crippen MR) is 82.2 cm³/mol. The minimum Gasteiger partial charge on any atom is -0.496 e. The van der Waals surface area contributed by atoms with Gasteiger partial charge in [-0.1, -0.05) is 6.07 Å². The molecule has 0 spiro atoms. The first-order valence-electron chi connectivity index (χ1n) is 7.11. The summed E-state index contributed by atoms with van der Waals surface area (Å²) < 4.78 is 5.19. The van der Waals surface area contributed by atoms with Crippen LogP contribution in [0, 0.1) is 6.92 Å². The number of hydrogen-bond acceptors (Lipinski definition) is 4. The lowest BCUT2D eigenvalue weighted by molar-refractivity contribution is -0.153. The fourth-order valence-corrected chi connectivity index (χ4v) is 2.63. The molecule has 2 N–H and O–H groups in total. The lowest BCUT2D eigenvalue weighted by Gasteiger charge is -2.30. The SMILES string of the molecule is COc1ccc(C2(C)NC(=O)N(C(C)(C)C(=O)O)C2=O)cc1C. The number of carboxylic acids is 1. The second-order valence-corrected chi connectivity index (χ2v) is 6.24. The molecule has 0 radical (unpaired) electrons. The summed E-state index contributed by atoms with van der Waals surface area (Å²) in [7, 11) is 1.54. The first-order chi connectivity index (χ1) is 10.6. The van der Waals surface area contributed by atoms with Crippen LogP contribution in [0.25, 0.3) is 0 Å². The van der Waals surface area contributed by atoms with E-state index in [-0.39, 0.29) is 0 Å². The van der Waals surface area contributed by atoms with Crippen LogP contribution in [-0.4, -0.2) is 40.6 Å². The molecule has 1 saturated heterocycles. The van der Waals surface area contributed by atoms with Gasteiger partial charge in [0.05, 0.1) is 7.11 Å². The number of carbonyl (C=O) groups excluding carboxylic acids is 2. The molecule has 0 aromatic heterocycles. The lowest BCUT2D eigenvalue weighted by atomic mass is 9.89. The highest BCUT2D eigenvalue weighted by molar-refractivity contribution is 6.10. The summed E-state index contributed by atoms with van der Waals surface area (Å²) in [6, 6.07) is 4.41. The van der Waals surface area contributed by atoms with Gasteiger partial charge in [-0.05, 0) is 51.0 Å². The van der Waals surface area contributed by atoms with Gasteiger partial charge in [0.25, 0.3) is 5.91 Å².